The molecule has 2 aromatic carbocycles. The van der Waals surface area contributed by atoms with Crippen LogP contribution in [0.25, 0.3) is 0 Å². The van der Waals surface area contributed by atoms with Crippen LogP contribution in [0.4, 0.5) is 18.9 Å². The molecule has 0 spiro atoms. The topological polar surface area (TPSA) is 66.4 Å². The van der Waals surface area contributed by atoms with Gasteiger partial charge in [0.15, 0.2) is 0 Å². The molecule has 4 nitrogen and oxygen atoms in total. The van der Waals surface area contributed by atoms with Crippen molar-refractivity contribution in [3.8, 4) is 5.75 Å². The smallest absolute Gasteiger partial charge is 0.419 e. The fourth-order valence-electron chi connectivity index (χ4n) is 1.71. The zero-order valence-electron chi connectivity index (χ0n) is 10.7. The van der Waals surface area contributed by atoms with Gasteiger partial charge in [-0.1, -0.05) is 23.7 Å². The molecule has 0 atom stereocenters. The number of anilines is 1. The van der Waals surface area contributed by atoms with E-state index >= 15 is 0 Å². The number of halogens is 4. The normalized spacial score (nSPS) is 12.2. The van der Waals surface area contributed by atoms with E-state index in [1.54, 1.807) is 0 Å². The average molecular weight is 352 g/mol. The fraction of sp³-hybridized carbons (Fsp3) is 0.0769. The Hall–Kier alpha value is -1.93. The van der Waals surface area contributed by atoms with Gasteiger partial charge in [0.05, 0.1) is 16.3 Å². The number of aromatic hydroxyl groups is 1. The number of hydrogen-bond acceptors (Lipinski definition) is 3. The molecule has 0 saturated heterocycles. The Kier molecular flexibility index (Phi) is 4.25. The van der Waals surface area contributed by atoms with Crippen LogP contribution in [0.2, 0.25) is 5.02 Å². The highest BCUT2D eigenvalue weighted by atomic mass is 35.5. The average Bonchev–Trinajstić information content (AvgIpc) is 2.36. The van der Waals surface area contributed by atoms with Gasteiger partial charge in [-0.05, 0) is 24.3 Å². The summed E-state index contributed by atoms with van der Waals surface area (Å²) in [6.07, 6.45) is -4.73. The van der Waals surface area contributed by atoms with Crippen molar-refractivity contribution in [3.05, 3.63) is 53.1 Å². The van der Waals surface area contributed by atoms with E-state index in [2.05, 4.69) is 4.72 Å². The molecule has 9 heteroatoms. The maximum atomic E-state index is 12.5. The maximum absolute atomic E-state index is 12.5. The molecule has 2 N–H and O–H groups in total. The highest BCUT2D eigenvalue weighted by Crippen LogP contribution is 2.37. The molecule has 0 unspecified atom stereocenters. The van der Waals surface area contributed by atoms with E-state index in [1.165, 1.54) is 24.3 Å². The van der Waals surface area contributed by atoms with Crippen molar-refractivity contribution in [2.45, 2.75) is 11.1 Å². The summed E-state index contributed by atoms with van der Waals surface area (Å²) in [6.45, 7) is 0. The Morgan fingerprint density at radius 2 is 1.73 bits per heavy atom. The summed E-state index contributed by atoms with van der Waals surface area (Å²) in [7, 11) is -4.08. The van der Waals surface area contributed by atoms with Crippen LogP contribution in [0, 0.1) is 0 Å². The molecule has 0 amide bonds. The monoisotopic (exact) mass is 351 g/mol. The van der Waals surface area contributed by atoms with E-state index in [1.807, 2.05) is 0 Å². The maximum Gasteiger partial charge on any atom is 0.419 e. The van der Waals surface area contributed by atoms with Crippen molar-refractivity contribution in [1.82, 2.24) is 0 Å². The van der Waals surface area contributed by atoms with Crippen molar-refractivity contribution in [1.29, 1.82) is 0 Å². The van der Waals surface area contributed by atoms with Gasteiger partial charge < -0.3 is 5.11 Å². The lowest BCUT2D eigenvalue weighted by Gasteiger charge is -2.12. The minimum Gasteiger partial charge on any atom is -0.507 e. The van der Waals surface area contributed by atoms with Crippen molar-refractivity contribution < 1.29 is 26.7 Å². The summed E-state index contributed by atoms with van der Waals surface area (Å²) >= 11 is 5.77. The van der Waals surface area contributed by atoms with Gasteiger partial charge in [-0.15, -0.1) is 0 Å². The van der Waals surface area contributed by atoms with Crippen LogP contribution in [0.1, 0.15) is 5.56 Å². The van der Waals surface area contributed by atoms with Gasteiger partial charge in [0.2, 0.25) is 0 Å². The minimum atomic E-state index is -4.73. The molecule has 2 rings (SSSR count). The molecule has 0 heterocycles. The van der Waals surface area contributed by atoms with Crippen LogP contribution in [-0.4, -0.2) is 13.5 Å². The van der Waals surface area contributed by atoms with Gasteiger partial charge in [0.25, 0.3) is 10.0 Å². The first kappa shape index (κ1) is 16.4. The van der Waals surface area contributed by atoms with Gasteiger partial charge in [-0.2, -0.15) is 13.2 Å². The summed E-state index contributed by atoms with van der Waals surface area (Å²) in [5.41, 5.74) is -1.47. The number of alkyl halides is 3. The van der Waals surface area contributed by atoms with E-state index in [4.69, 9.17) is 11.6 Å². The first-order valence-electron chi connectivity index (χ1n) is 5.79. The van der Waals surface area contributed by atoms with Crippen LogP contribution < -0.4 is 4.72 Å². The van der Waals surface area contributed by atoms with Crippen LogP contribution in [-0.2, 0) is 16.2 Å². The van der Waals surface area contributed by atoms with Crippen molar-refractivity contribution in [2.24, 2.45) is 0 Å². The predicted octanol–water partition coefficient (Wildman–Crippen LogP) is 3.87. The van der Waals surface area contributed by atoms with E-state index in [0.29, 0.717) is 12.1 Å². The molecule has 2 aromatic rings. The van der Waals surface area contributed by atoms with Crippen LogP contribution in [0.15, 0.2) is 47.4 Å². The summed E-state index contributed by atoms with van der Waals surface area (Å²) in [4.78, 5) is -0.226. The lowest BCUT2D eigenvalue weighted by Crippen LogP contribution is -2.14. The highest BCUT2D eigenvalue weighted by molar-refractivity contribution is 7.92. The summed E-state index contributed by atoms with van der Waals surface area (Å²) in [5, 5.41) is 9.33. The standard InChI is InChI=1S/C13H9ClF3NO3S/c14-10-3-1-2-4-12(10)22(20,21)18-8-5-6-9(11(19)7-8)13(15,16)17/h1-7,18-19H. The molecule has 0 saturated carbocycles. The van der Waals surface area contributed by atoms with E-state index in [-0.39, 0.29) is 15.6 Å². The molecule has 0 fully saturated rings. The quantitative estimate of drug-likeness (QED) is 0.882. The molecule has 22 heavy (non-hydrogen) atoms. The van der Waals surface area contributed by atoms with Crippen LogP contribution in [0.3, 0.4) is 0 Å². The zero-order valence-corrected chi connectivity index (χ0v) is 12.3. The molecule has 0 bridgehead atoms. The number of benzene rings is 2. The second-order valence-corrected chi connectivity index (χ2v) is 6.32. The molecule has 0 aliphatic heterocycles. The number of hydrogen-bond donors (Lipinski definition) is 2. The number of nitrogens with one attached hydrogen (secondary N) is 1. The lowest BCUT2D eigenvalue weighted by atomic mass is 10.2. The predicted molar refractivity (Wildman–Crippen MR) is 75.4 cm³/mol. The van der Waals surface area contributed by atoms with Gasteiger partial charge in [0.1, 0.15) is 10.6 Å². The number of rotatable bonds is 3. The number of phenolic OH excluding ortho intramolecular Hbond substituents is 1. The Bertz CT molecular complexity index is 806. The second-order valence-electron chi connectivity index (χ2n) is 4.27. The third kappa shape index (κ3) is 3.45. The van der Waals surface area contributed by atoms with Crippen molar-refractivity contribution >= 4 is 27.3 Å². The summed E-state index contributed by atoms with van der Waals surface area (Å²) < 4.78 is 63.8. The highest BCUT2D eigenvalue weighted by Gasteiger charge is 2.34. The largest absolute Gasteiger partial charge is 0.507 e. The Labute approximate surface area is 129 Å². The van der Waals surface area contributed by atoms with E-state index in [9.17, 15) is 26.7 Å². The molecule has 0 aliphatic carbocycles. The SMILES string of the molecule is O=S(=O)(Nc1ccc(C(F)(F)F)c(O)c1)c1ccccc1Cl. The molecule has 0 radical (unpaired) electrons. The first-order chi connectivity index (χ1) is 10.1. The molecule has 0 aromatic heterocycles. The van der Waals surface area contributed by atoms with E-state index in [0.717, 1.165) is 6.07 Å². The van der Waals surface area contributed by atoms with E-state index < -0.39 is 27.5 Å². The van der Waals surface area contributed by atoms with Crippen LogP contribution >= 0.6 is 11.6 Å². The Balaban J connectivity index is 2.36. The van der Waals surface area contributed by atoms with Gasteiger partial charge in [0, 0.05) is 6.07 Å². The summed E-state index contributed by atoms with van der Waals surface area (Å²) in [5.74, 6) is -1.08. The molecule has 0 aliphatic rings. The zero-order chi connectivity index (χ0) is 16.5. The first-order valence-corrected chi connectivity index (χ1v) is 7.65. The number of phenols is 1. The molecule has 118 valence electrons. The Morgan fingerprint density at radius 1 is 1.09 bits per heavy atom. The van der Waals surface area contributed by atoms with Gasteiger partial charge in [-0.3, -0.25) is 4.72 Å². The summed E-state index contributed by atoms with van der Waals surface area (Å²) in [6, 6.07) is 7.75. The minimum absolute atomic E-state index is 0.0360. The molecular formula is C13H9ClF3NO3S. The van der Waals surface area contributed by atoms with Crippen molar-refractivity contribution in [3.63, 3.8) is 0 Å². The van der Waals surface area contributed by atoms with Crippen molar-refractivity contribution in [2.75, 3.05) is 4.72 Å². The van der Waals surface area contributed by atoms with Crippen LogP contribution in [0.5, 0.6) is 5.75 Å². The third-order valence-corrected chi connectivity index (χ3v) is 4.56. The lowest BCUT2D eigenvalue weighted by molar-refractivity contribution is -0.138. The van der Waals surface area contributed by atoms with Gasteiger partial charge in [-0.25, -0.2) is 8.42 Å². The van der Waals surface area contributed by atoms with Gasteiger partial charge >= 0.3 is 6.18 Å². The second kappa shape index (κ2) is 5.69. The Morgan fingerprint density at radius 3 is 2.27 bits per heavy atom. The molecular weight excluding hydrogens is 343 g/mol. The fourth-order valence-corrected chi connectivity index (χ4v) is 3.28. The number of sulfonamides is 1. The third-order valence-electron chi connectivity index (χ3n) is 2.68.